The summed E-state index contributed by atoms with van der Waals surface area (Å²) in [7, 11) is 0. The Kier molecular flexibility index (Phi) is 1.22. The molecular formula is C8H6N2O. The summed E-state index contributed by atoms with van der Waals surface area (Å²) < 4.78 is 1.79. The zero-order chi connectivity index (χ0) is 7.68. The Labute approximate surface area is 63.3 Å². The number of nitrogens with zero attached hydrogens (tertiary/aromatic N) is 2. The van der Waals surface area contributed by atoms with Gasteiger partial charge in [0.05, 0.1) is 17.4 Å². The maximum Gasteiger partial charge on any atom is 0.166 e. The van der Waals surface area contributed by atoms with Crippen LogP contribution < -0.4 is 0 Å². The van der Waals surface area contributed by atoms with Gasteiger partial charge in [0, 0.05) is 12.4 Å². The Hall–Kier alpha value is -1.64. The van der Waals surface area contributed by atoms with E-state index in [-0.39, 0.29) is 0 Å². The second-order valence-corrected chi connectivity index (χ2v) is 2.25. The van der Waals surface area contributed by atoms with Crippen LogP contribution in [0.25, 0.3) is 5.52 Å². The molecule has 0 radical (unpaired) electrons. The highest BCUT2D eigenvalue weighted by Gasteiger charge is 1.96. The summed E-state index contributed by atoms with van der Waals surface area (Å²) in [6.45, 7) is 0. The van der Waals surface area contributed by atoms with Crippen LogP contribution in [0.4, 0.5) is 0 Å². The van der Waals surface area contributed by atoms with Gasteiger partial charge in [0.15, 0.2) is 6.29 Å². The van der Waals surface area contributed by atoms with Crippen molar-refractivity contribution in [3.8, 4) is 0 Å². The minimum atomic E-state index is 0.655. The molecule has 0 unspecified atom stereocenters. The number of hydrogen-bond acceptors (Lipinski definition) is 2. The number of hydrogen-bond donors (Lipinski definition) is 0. The predicted molar refractivity (Wildman–Crippen MR) is 40.6 cm³/mol. The number of carbonyl (C=O) groups is 1. The lowest BCUT2D eigenvalue weighted by Crippen LogP contribution is -1.89. The van der Waals surface area contributed by atoms with E-state index >= 15 is 0 Å². The van der Waals surface area contributed by atoms with Gasteiger partial charge in [-0.15, -0.1) is 0 Å². The van der Waals surface area contributed by atoms with Crippen molar-refractivity contribution in [1.82, 2.24) is 9.38 Å². The zero-order valence-corrected chi connectivity index (χ0v) is 5.77. The van der Waals surface area contributed by atoms with Crippen LogP contribution in [-0.4, -0.2) is 15.7 Å². The first kappa shape index (κ1) is 6.09. The summed E-state index contributed by atoms with van der Waals surface area (Å²) in [5.74, 6) is 0. The first-order valence-electron chi connectivity index (χ1n) is 3.28. The van der Waals surface area contributed by atoms with Crippen LogP contribution in [0.3, 0.4) is 0 Å². The summed E-state index contributed by atoms with van der Waals surface area (Å²) in [4.78, 5) is 14.4. The van der Waals surface area contributed by atoms with Crippen LogP contribution in [0, 0.1) is 0 Å². The Bertz CT molecular complexity index is 392. The summed E-state index contributed by atoms with van der Waals surface area (Å²) in [5.41, 5.74) is 1.59. The maximum atomic E-state index is 10.4. The van der Waals surface area contributed by atoms with Gasteiger partial charge in [-0.3, -0.25) is 9.78 Å². The molecule has 11 heavy (non-hydrogen) atoms. The third-order valence-electron chi connectivity index (χ3n) is 1.61. The Morgan fingerprint density at radius 2 is 2.36 bits per heavy atom. The standard InChI is InChI=1S/C8H6N2O/c11-6-8-2-1-7-5-9-3-4-10(7)8/h1-6H. The van der Waals surface area contributed by atoms with Gasteiger partial charge in [0.2, 0.25) is 0 Å². The topological polar surface area (TPSA) is 34.4 Å². The lowest BCUT2D eigenvalue weighted by atomic mass is 10.5. The predicted octanol–water partition coefficient (Wildman–Crippen LogP) is 1.15. The molecule has 0 N–H and O–H groups in total. The van der Waals surface area contributed by atoms with E-state index in [0.29, 0.717) is 5.69 Å². The SMILES string of the molecule is O=Cc1ccc2cnccn12. The molecule has 2 aromatic heterocycles. The molecule has 2 aromatic rings. The van der Waals surface area contributed by atoms with Crippen molar-refractivity contribution in [3.05, 3.63) is 36.4 Å². The fourth-order valence-corrected chi connectivity index (χ4v) is 1.08. The van der Waals surface area contributed by atoms with Gasteiger partial charge in [-0.25, -0.2) is 0 Å². The highest BCUT2D eigenvalue weighted by Crippen LogP contribution is 2.05. The Morgan fingerprint density at radius 1 is 1.45 bits per heavy atom. The van der Waals surface area contributed by atoms with Crippen molar-refractivity contribution < 1.29 is 4.79 Å². The number of rotatable bonds is 1. The summed E-state index contributed by atoms with van der Waals surface area (Å²) in [6, 6.07) is 3.63. The van der Waals surface area contributed by atoms with Crippen molar-refractivity contribution in [3.63, 3.8) is 0 Å². The number of aromatic nitrogens is 2. The molecule has 0 aliphatic rings. The second kappa shape index (κ2) is 2.20. The monoisotopic (exact) mass is 146 g/mol. The molecule has 0 amide bonds. The average molecular weight is 146 g/mol. The molecule has 0 fully saturated rings. The van der Waals surface area contributed by atoms with E-state index in [1.807, 2.05) is 6.07 Å². The fraction of sp³-hybridized carbons (Fsp3) is 0. The Morgan fingerprint density at radius 3 is 3.18 bits per heavy atom. The molecular weight excluding hydrogens is 140 g/mol. The minimum Gasteiger partial charge on any atom is -0.311 e. The fourth-order valence-electron chi connectivity index (χ4n) is 1.08. The van der Waals surface area contributed by atoms with Crippen molar-refractivity contribution in [2.75, 3.05) is 0 Å². The van der Waals surface area contributed by atoms with Crippen LogP contribution in [0.1, 0.15) is 10.5 Å². The van der Waals surface area contributed by atoms with Crippen molar-refractivity contribution in [1.29, 1.82) is 0 Å². The summed E-state index contributed by atoms with van der Waals surface area (Å²) in [6.07, 6.45) is 5.96. The third kappa shape index (κ3) is 0.816. The van der Waals surface area contributed by atoms with E-state index in [4.69, 9.17) is 0 Å². The van der Waals surface area contributed by atoms with Crippen LogP contribution in [-0.2, 0) is 0 Å². The average Bonchev–Trinajstić information content (AvgIpc) is 2.47. The third-order valence-corrected chi connectivity index (χ3v) is 1.61. The lowest BCUT2D eigenvalue weighted by molar-refractivity contribution is 0.111. The largest absolute Gasteiger partial charge is 0.311 e. The van der Waals surface area contributed by atoms with Crippen LogP contribution >= 0.6 is 0 Å². The molecule has 3 nitrogen and oxygen atoms in total. The van der Waals surface area contributed by atoms with Gasteiger partial charge in [0.1, 0.15) is 0 Å². The second-order valence-electron chi connectivity index (χ2n) is 2.25. The van der Waals surface area contributed by atoms with Gasteiger partial charge in [-0.1, -0.05) is 0 Å². The van der Waals surface area contributed by atoms with Crippen molar-refractivity contribution in [2.24, 2.45) is 0 Å². The lowest BCUT2D eigenvalue weighted by Gasteiger charge is -1.92. The molecule has 0 aliphatic heterocycles. The minimum absolute atomic E-state index is 0.655. The van der Waals surface area contributed by atoms with Crippen LogP contribution in [0.5, 0.6) is 0 Å². The molecule has 54 valence electrons. The van der Waals surface area contributed by atoms with Crippen molar-refractivity contribution >= 4 is 11.8 Å². The summed E-state index contributed by atoms with van der Waals surface area (Å²) >= 11 is 0. The smallest absolute Gasteiger partial charge is 0.166 e. The van der Waals surface area contributed by atoms with E-state index < -0.39 is 0 Å². The molecule has 0 saturated heterocycles. The van der Waals surface area contributed by atoms with Gasteiger partial charge in [-0.2, -0.15) is 0 Å². The zero-order valence-electron chi connectivity index (χ0n) is 5.77. The molecule has 0 aliphatic carbocycles. The van der Waals surface area contributed by atoms with E-state index in [1.165, 1.54) is 0 Å². The highest BCUT2D eigenvalue weighted by molar-refractivity contribution is 5.75. The highest BCUT2D eigenvalue weighted by atomic mass is 16.1. The molecule has 2 rings (SSSR count). The maximum absolute atomic E-state index is 10.4. The number of carbonyl (C=O) groups excluding carboxylic acids is 1. The molecule has 0 saturated carbocycles. The van der Waals surface area contributed by atoms with Crippen molar-refractivity contribution in [2.45, 2.75) is 0 Å². The Balaban J connectivity index is 2.86. The quantitative estimate of drug-likeness (QED) is 0.565. The van der Waals surface area contributed by atoms with Gasteiger partial charge < -0.3 is 4.40 Å². The first-order valence-corrected chi connectivity index (χ1v) is 3.28. The van der Waals surface area contributed by atoms with Gasteiger partial charge in [0.25, 0.3) is 0 Å². The van der Waals surface area contributed by atoms with Crippen LogP contribution in [0.15, 0.2) is 30.7 Å². The summed E-state index contributed by atoms with van der Waals surface area (Å²) in [5, 5.41) is 0. The van der Waals surface area contributed by atoms with E-state index in [2.05, 4.69) is 4.98 Å². The molecule has 0 spiro atoms. The van der Waals surface area contributed by atoms with E-state index in [9.17, 15) is 4.79 Å². The number of aldehydes is 1. The van der Waals surface area contributed by atoms with Crippen LogP contribution in [0.2, 0.25) is 0 Å². The molecule has 0 atom stereocenters. The molecule has 2 heterocycles. The number of fused-ring (bicyclic) bond motifs is 1. The molecule has 0 aromatic carbocycles. The van der Waals surface area contributed by atoms with E-state index in [1.54, 1.807) is 29.1 Å². The van der Waals surface area contributed by atoms with E-state index in [0.717, 1.165) is 11.8 Å². The molecule has 0 bridgehead atoms. The van der Waals surface area contributed by atoms with Gasteiger partial charge >= 0.3 is 0 Å². The first-order chi connectivity index (χ1) is 5.42. The molecule has 3 heteroatoms. The normalized spacial score (nSPS) is 10.2. The van der Waals surface area contributed by atoms with Gasteiger partial charge in [-0.05, 0) is 12.1 Å².